The highest BCUT2D eigenvalue weighted by atomic mass is 19.1. The normalized spacial score (nSPS) is 20.1. The van der Waals surface area contributed by atoms with Gasteiger partial charge in [-0.1, -0.05) is 33.8 Å². The molecule has 0 radical (unpaired) electrons. The van der Waals surface area contributed by atoms with Crippen LogP contribution in [-0.2, 0) is 34.0 Å². The van der Waals surface area contributed by atoms with Crippen molar-refractivity contribution in [2.24, 2.45) is 0 Å². The Morgan fingerprint density at radius 2 is 1.64 bits per heavy atom. The maximum atomic E-state index is 15.1. The van der Waals surface area contributed by atoms with Crippen LogP contribution in [-0.4, -0.2) is 80.0 Å². The van der Waals surface area contributed by atoms with E-state index in [1.807, 2.05) is 37.9 Å². The molecule has 3 aliphatic heterocycles. The summed E-state index contributed by atoms with van der Waals surface area (Å²) in [7, 11) is 0. The van der Waals surface area contributed by atoms with Gasteiger partial charge < -0.3 is 29.9 Å². The summed E-state index contributed by atoms with van der Waals surface area (Å²) in [6, 6.07) is 4.43. The molecule has 2 aromatic rings. The summed E-state index contributed by atoms with van der Waals surface area (Å²) in [6.45, 7) is 9.07. The number of rotatable bonds is 6. The van der Waals surface area contributed by atoms with E-state index < -0.39 is 58.7 Å². The number of nitrogens with one attached hydrogen (secondary N) is 1. The lowest BCUT2D eigenvalue weighted by molar-refractivity contribution is -0.168. The number of nitrogens with zero attached hydrogens (tertiary/aromatic N) is 2. The molecule has 5 rings (SSSR count). The zero-order valence-electron chi connectivity index (χ0n) is 24.2. The monoisotopic (exact) mass is 591 g/mol. The second-order valence-electron chi connectivity index (χ2n) is 9.36. The number of phenolic OH excluding ortho intramolecular Hbond substituents is 3. The number of amides is 3. The Bertz CT molecular complexity index is 1300. The van der Waals surface area contributed by atoms with Crippen molar-refractivity contribution < 1.29 is 48.7 Å². The summed E-state index contributed by atoms with van der Waals surface area (Å²) in [4.78, 5) is 39.7. The van der Waals surface area contributed by atoms with Gasteiger partial charge >= 0.3 is 0 Å². The first-order chi connectivity index (χ1) is 20.1. The second kappa shape index (κ2) is 13.8. The Balaban J connectivity index is 0.00000116. The Morgan fingerprint density at radius 3 is 2.29 bits per heavy atom. The molecule has 5 N–H and O–H groups in total. The van der Waals surface area contributed by atoms with E-state index in [2.05, 4.69) is 0 Å². The van der Waals surface area contributed by atoms with Gasteiger partial charge in [0.05, 0.1) is 30.9 Å². The number of fused-ring (bicyclic) bond motifs is 1. The molecule has 1 unspecified atom stereocenters. The fourth-order valence-corrected chi connectivity index (χ4v) is 4.88. The molecule has 230 valence electrons. The average Bonchev–Trinajstić information content (AvgIpc) is 3.36. The Hall–Kier alpha value is -3.94. The molecular formula is C29H38FN3O9. The zero-order chi connectivity index (χ0) is 31.2. The van der Waals surface area contributed by atoms with Gasteiger partial charge in [0, 0.05) is 43.6 Å². The number of imide groups is 1. The van der Waals surface area contributed by atoms with Crippen LogP contribution < -0.4 is 10.1 Å². The summed E-state index contributed by atoms with van der Waals surface area (Å²) in [5.41, 5.74) is -2.46. The maximum Gasteiger partial charge on any atom is 0.279 e. The third-order valence-electron chi connectivity index (χ3n) is 7.10. The molecule has 0 spiro atoms. The molecule has 2 saturated heterocycles. The first-order valence-electron chi connectivity index (χ1n) is 14.0. The minimum Gasteiger partial charge on any atom is -0.504 e. The third kappa shape index (κ3) is 6.13. The minimum atomic E-state index is -2.24. The first-order valence-corrected chi connectivity index (χ1v) is 14.0. The molecule has 12 nitrogen and oxygen atoms in total. The lowest BCUT2D eigenvalue weighted by Gasteiger charge is -2.37. The van der Waals surface area contributed by atoms with Gasteiger partial charge in [0.2, 0.25) is 11.6 Å². The summed E-state index contributed by atoms with van der Waals surface area (Å²) in [5.74, 6) is -5.56. The molecule has 2 aromatic carbocycles. The largest absolute Gasteiger partial charge is 0.504 e. The number of halogens is 1. The van der Waals surface area contributed by atoms with Crippen molar-refractivity contribution in [3.8, 4) is 23.0 Å². The molecule has 42 heavy (non-hydrogen) atoms. The van der Waals surface area contributed by atoms with E-state index in [0.717, 1.165) is 4.90 Å². The van der Waals surface area contributed by atoms with E-state index in [1.54, 1.807) is 0 Å². The van der Waals surface area contributed by atoms with E-state index in [0.29, 0.717) is 31.9 Å². The molecule has 3 aliphatic rings. The fraction of sp³-hybridized carbons (Fsp3) is 0.483. The number of hydrogen-bond donors (Lipinski definition) is 5. The minimum absolute atomic E-state index is 0.00112. The Kier molecular flexibility index (Phi) is 10.7. The van der Waals surface area contributed by atoms with Gasteiger partial charge in [-0.15, -0.1) is 0 Å². The van der Waals surface area contributed by atoms with Gasteiger partial charge in [-0.3, -0.25) is 29.5 Å². The van der Waals surface area contributed by atoms with Crippen molar-refractivity contribution in [2.75, 3.05) is 26.3 Å². The van der Waals surface area contributed by atoms with Gasteiger partial charge in [0.1, 0.15) is 12.4 Å². The molecule has 13 heteroatoms. The molecule has 3 heterocycles. The predicted molar refractivity (Wildman–Crippen MR) is 148 cm³/mol. The highest BCUT2D eigenvalue weighted by molar-refractivity contribution is 6.07. The molecule has 1 atom stereocenters. The number of aliphatic hydroxyl groups is 1. The molecule has 0 bridgehead atoms. The molecule has 0 aromatic heterocycles. The second-order valence-corrected chi connectivity index (χ2v) is 9.36. The molecular weight excluding hydrogens is 553 g/mol. The summed E-state index contributed by atoms with van der Waals surface area (Å²) in [5, 5.41) is 44.5. The van der Waals surface area contributed by atoms with E-state index in [1.165, 1.54) is 18.2 Å². The standard InChI is InChI=1S/C25H26FN3O9.2C2H6/c26-19-16(22(33)21(32)15(20(19)31)10-28-6-8-37-9-7-28)12-38-17-3-1-2-13-14(17)11-29(23(13)34)25(36)5-4-18(30)27-24(25)35;2*1-2/h1-3,31-33,36H,4-12H2,(H,27,30,35);2*1-2H3. The fourth-order valence-electron chi connectivity index (χ4n) is 4.88. The number of carbonyl (C=O) groups excluding carboxylic acids is 3. The van der Waals surface area contributed by atoms with Crippen LogP contribution in [0.25, 0.3) is 0 Å². The van der Waals surface area contributed by atoms with Crippen LogP contribution in [0, 0.1) is 5.82 Å². The number of carbonyl (C=O) groups is 3. The van der Waals surface area contributed by atoms with Gasteiger partial charge in [-0.25, -0.2) is 4.39 Å². The molecule has 0 saturated carbocycles. The summed E-state index contributed by atoms with van der Waals surface area (Å²) in [6.07, 6.45) is -0.430. The third-order valence-corrected chi connectivity index (χ3v) is 7.10. The van der Waals surface area contributed by atoms with Crippen LogP contribution in [0.5, 0.6) is 23.0 Å². The number of morpholine rings is 1. The van der Waals surface area contributed by atoms with E-state index >= 15 is 4.39 Å². The summed E-state index contributed by atoms with van der Waals surface area (Å²) < 4.78 is 26.1. The number of benzene rings is 2. The highest BCUT2D eigenvalue weighted by Gasteiger charge is 2.51. The van der Waals surface area contributed by atoms with Crippen molar-refractivity contribution >= 4 is 17.7 Å². The number of piperidine rings is 1. The van der Waals surface area contributed by atoms with Gasteiger partial charge in [-0.2, -0.15) is 0 Å². The number of aromatic hydroxyl groups is 3. The van der Waals surface area contributed by atoms with Crippen LogP contribution in [0.3, 0.4) is 0 Å². The summed E-state index contributed by atoms with van der Waals surface area (Å²) >= 11 is 0. The van der Waals surface area contributed by atoms with Crippen LogP contribution in [0.1, 0.15) is 67.6 Å². The maximum absolute atomic E-state index is 15.1. The van der Waals surface area contributed by atoms with Crippen LogP contribution in [0.4, 0.5) is 4.39 Å². The van der Waals surface area contributed by atoms with Crippen molar-refractivity contribution in [2.45, 2.75) is 66.0 Å². The van der Waals surface area contributed by atoms with Crippen LogP contribution >= 0.6 is 0 Å². The van der Waals surface area contributed by atoms with Crippen molar-refractivity contribution in [1.29, 1.82) is 0 Å². The van der Waals surface area contributed by atoms with E-state index in [4.69, 9.17) is 9.47 Å². The van der Waals surface area contributed by atoms with Crippen LogP contribution in [0.15, 0.2) is 18.2 Å². The van der Waals surface area contributed by atoms with E-state index in [-0.39, 0.29) is 42.8 Å². The van der Waals surface area contributed by atoms with Crippen LogP contribution in [0.2, 0.25) is 0 Å². The SMILES string of the molecule is CC.CC.O=C1CCC(O)(N2Cc3c(OCc4c(O)c(O)c(CN5CCOCC5)c(O)c4F)cccc3C2=O)C(=O)N1. The average molecular weight is 592 g/mol. The molecule has 3 amide bonds. The van der Waals surface area contributed by atoms with Gasteiger partial charge in [0.15, 0.2) is 23.1 Å². The lowest BCUT2D eigenvalue weighted by atomic mass is 10.00. The first kappa shape index (κ1) is 32.6. The predicted octanol–water partition coefficient (Wildman–Crippen LogP) is 2.49. The Morgan fingerprint density at radius 1 is 1.00 bits per heavy atom. The topological polar surface area (TPSA) is 169 Å². The molecule has 0 aliphatic carbocycles. The number of ether oxygens (including phenoxy) is 2. The lowest BCUT2D eigenvalue weighted by Crippen LogP contribution is -2.63. The highest BCUT2D eigenvalue weighted by Crippen LogP contribution is 2.43. The van der Waals surface area contributed by atoms with Crippen molar-refractivity contribution in [3.63, 3.8) is 0 Å². The van der Waals surface area contributed by atoms with Crippen molar-refractivity contribution in [3.05, 3.63) is 46.3 Å². The van der Waals surface area contributed by atoms with Gasteiger partial charge in [0.25, 0.3) is 11.8 Å². The number of phenols is 3. The Labute approximate surface area is 243 Å². The molecule has 2 fully saturated rings. The van der Waals surface area contributed by atoms with Gasteiger partial charge in [-0.05, 0) is 12.1 Å². The number of hydrogen-bond acceptors (Lipinski definition) is 10. The van der Waals surface area contributed by atoms with E-state index in [9.17, 15) is 34.8 Å². The quantitative estimate of drug-likeness (QED) is 0.191. The van der Waals surface area contributed by atoms with Crippen molar-refractivity contribution in [1.82, 2.24) is 15.1 Å². The smallest absolute Gasteiger partial charge is 0.279 e. The zero-order valence-corrected chi connectivity index (χ0v) is 24.2.